The molecule has 1 aliphatic heterocycles. The van der Waals surface area contributed by atoms with Crippen LogP contribution in [0.3, 0.4) is 0 Å². The zero-order valence-electron chi connectivity index (χ0n) is 19.9. The van der Waals surface area contributed by atoms with E-state index in [1.54, 1.807) is 11.1 Å². The molecule has 0 radical (unpaired) electrons. The maximum atomic E-state index is 12.2. The summed E-state index contributed by atoms with van der Waals surface area (Å²) in [7, 11) is 0. The molecule has 5 rings (SSSR count). The molecule has 3 aromatic carbocycles. The Morgan fingerprint density at radius 3 is 2.29 bits per heavy atom. The maximum absolute atomic E-state index is 12.2. The molecule has 2 N–H and O–H groups in total. The number of hydrogen-bond acceptors (Lipinski definition) is 2. The fourth-order valence-electron chi connectivity index (χ4n) is 5.70. The van der Waals surface area contributed by atoms with E-state index >= 15 is 0 Å². The van der Waals surface area contributed by atoms with E-state index in [9.17, 15) is 4.79 Å². The monoisotopic (exact) mass is 453 g/mol. The second-order valence-electron chi connectivity index (χ2n) is 9.81. The molecule has 0 unspecified atom stereocenters. The first-order valence-electron chi connectivity index (χ1n) is 12.7. The minimum Gasteiger partial charge on any atom is -0.338 e. The van der Waals surface area contributed by atoms with Crippen LogP contribution in [0.4, 0.5) is 10.5 Å². The summed E-state index contributed by atoms with van der Waals surface area (Å²) in [5.41, 5.74) is 6.77. The number of nitrogens with zero attached hydrogens (tertiary/aromatic N) is 1. The number of anilines is 1. The van der Waals surface area contributed by atoms with E-state index in [0.717, 1.165) is 30.6 Å². The van der Waals surface area contributed by atoms with Crippen LogP contribution in [0.5, 0.6) is 0 Å². The van der Waals surface area contributed by atoms with Crippen molar-refractivity contribution in [3.63, 3.8) is 0 Å². The van der Waals surface area contributed by atoms with Gasteiger partial charge in [-0.3, -0.25) is 0 Å². The van der Waals surface area contributed by atoms with E-state index in [4.69, 9.17) is 0 Å². The lowest BCUT2D eigenvalue weighted by molar-refractivity contribution is 0.156. The van der Waals surface area contributed by atoms with Gasteiger partial charge in [-0.15, -0.1) is 0 Å². The number of amides is 2. The van der Waals surface area contributed by atoms with Gasteiger partial charge in [-0.2, -0.15) is 0 Å². The summed E-state index contributed by atoms with van der Waals surface area (Å²) in [5.74, 6) is 0. The van der Waals surface area contributed by atoms with Crippen molar-refractivity contribution in [3.05, 3.63) is 90.0 Å². The number of urea groups is 1. The molecular formula is C30H35N3O. The molecule has 0 saturated carbocycles. The van der Waals surface area contributed by atoms with E-state index in [2.05, 4.69) is 51.9 Å². The van der Waals surface area contributed by atoms with Crippen LogP contribution in [-0.4, -0.2) is 37.1 Å². The maximum Gasteiger partial charge on any atom is 0.319 e. The largest absolute Gasteiger partial charge is 0.338 e. The predicted molar refractivity (Wildman–Crippen MR) is 140 cm³/mol. The molecule has 2 aliphatic rings. The van der Waals surface area contributed by atoms with E-state index in [1.165, 1.54) is 44.3 Å². The third-order valence-corrected chi connectivity index (χ3v) is 7.71. The average Bonchev–Trinajstić information content (AvgIpc) is 3.24. The molecule has 3 aromatic rings. The van der Waals surface area contributed by atoms with Crippen LogP contribution < -0.4 is 10.6 Å². The number of benzene rings is 3. The SMILES string of the molecule is O=C(NCCCCN1CCC2(CCc3ccccc32)CC1)Nc1ccc(-c2ccccc2)cc1. The molecule has 0 bridgehead atoms. The fraction of sp³-hybridized carbons (Fsp3) is 0.367. The number of piperidine rings is 1. The second kappa shape index (κ2) is 10.4. The molecule has 1 fully saturated rings. The highest BCUT2D eigenvalue weighted by Crippen LogP contribution is 2.46. The lowest BCUT2D eigenvalue weighted by Gasteiger charge is -2.40. The average molecular weight is 454 g/mol. The number of carbonyl (C=O) groups excluding carboxylic acids is 1. The highest BCUT2D eigenvalue weighted by molar-refractivity contribution is 5.89. The van der Waals surface area contributed by atoms with Gasteiger partial charge in [0.25, 0.3) is 0 Å². The van der Waals surface area contributed by atoms with Crippen molar-refractivity contribution < 1.29 is 4.79 Å². The number of carbonyl (C=O) groups is 1. The molecule has 0 aromatic heterocycles. The predicted octanol–water partition coefficient (Wildman–Crippen LogP) is 6.24. The van der Waals surface area contributed by atoms with Gasteiger partial charge in [-0.05, 0) is 98.0 Å². The van der Waals surface area contributed by atoms with Crippen molar-refractivity contribution in [3.8, 4) is 11.1 Å². The van der Waals surface area contributed by atoms with Gasteiger partial charge >= 0.3 is 6.03 Å². The summed E-state index contributed by atoms with van der Waals surface area (Å²) in [5, 5.41) is 5.93. The summed E-state index contributed by atoms with van der Waals surface area (Å²) in [4.78, 5) is 14.9. The first-order chi connectivity index (χ1) is 16.7. The summed E-state index contributed by atoms with van der Waals surface area (Å²) in [6, 6.07) is 27.2. The van der Waals surface area contributed by atoms with Gasteiger partial charge in [0.15, 0.2) is 0 Å². The number of unbranched alkanes of at least 4 members (excludes halogenated alkanes) is 1. The van der Waals surface area contributed by atoms with Gasteiger partial charge in [0.1, 0.15) is 0 Å². The number of rotatable bonds is 7. The summed E-state index contributed by atoms with van der Waals surface area (Å²) < 4.78 is 0. The standard InChI is InChI=1S/C30H35N3O/c34-29(32-27-14-12-25(13-15-27)24-8-2-1-3-9-24)31-20-6-7-21-33-22-18-30(19-23-33)17-16-26-10-4-5-11-28(26)30/h1-5,8-15H,6-7,16-23H2,(H2,31,32,34). The number of likely N-dealkylation sites (tertiary alicyclic amines) is 1. The smallest absolute Gasteiger partial charge is 0.319 e. The Morgan fingerprint density at radius 1 is 0.794 bits per heavy atom. The molecule has 0 atom stereocenters. The van der Waals surface area contributed by atoms with Gasteiger partial charge in [0.05, 0.1) is 0 Å². The number of fused-ring (bicyclic) bond motifs is 2. The Kier molecular flexibility index (Phi) is 6.96. The van der Waals surface area contributed by atoms with Crippen LogP contribution in [0.1, 0.15) is 43.2 Å². The summed E-state index contributed by atoms with van der Waals surface area (Å²) in [6.45, 7) is 4.23. The van der Waals surface area contributed by atoms with Crippen molar-refractivity contribution in [1.29, 1.82) is 0 Å². The zero-order valence-corrected chi connectivity index (χ0v) is 19.9. The summed E-state index contributed by atoms with van der Waals surface area (Å²) >= 11 is 0. The van der Waals surface area contributed by atoms with E-state index in [1.807, 2.05) is 42.5 Å². The Balaban J connectivity index is 0.984. The van der Waals surface area contributed by atoms with Crippen molar-refractivity contribution >= 4 is 11.7 Å². The third-order valence-electron chi connectivity index (χ3n) is 7.71. The van der Waals surface area contributed by atoms with Gasteiger partial charge in [0, 0.05) is 12.2 Å². The highest BCUT2D eigenvalue weighted by atomic mass is 16.2. The molecule has 1 aliphatic carbocycles. The lowest BCUT2D eigenvalue weighted by atomic mass is 9.74. The van der Waals surface area contributed by atoms with Gasteiger partial charge < -0.3 is 15.5 Å². The normalized spacial score (nSPS) is 16.8. The number of aryl methyl sites for hydroxylation is 1. The van der Waals surface area contributed by atoms with Crippen LogP contribution in [0.25, 0.3) is 11.1 Å². The van der Waals surface area contributed by atoms with Crippen molar-refractivity contribution in [2.24, 2.45) is 0 Å². The Labute approximate surface area is 203 Å². The van der Waals surface area contributed by atoms with Gasteiger partial charge in [-0.25, -0.2) is 4.79 Å². The van der Waals surface area contributed by atoms with Crippen LogP contribution in [0.2, 0.25) is 0 Å². The van der Waals surface area contributed by atoms with Crippen LogP contribution in [0, 0.1) is 0 Å². The second-order valence-corrected chi connectivity index (χ2v) is 9.81. The molecule has 2 amide bonds. The number of nitrogens with one attached hydrogen (secondary N) is 2. The lowest BCUT2D eigenvalue weighted by Crippen LogP contribution is -2.42. The van der Waals surface area contributed by atoms with Crippen LogP contribution >= 0.6 is 0 Å². The summed E-state index contributed by atoms with van der Waals surface area (Å²) in [6.07, 6.45) is 7.28. The van der Waals surface area contributed by atoms with E-state index in [-0.39, 0.29) is 6.03 Å². The van der Waals surface area contributed by atoms with E-state index in [0.29, 0.717) is 12.0 Å². The Bertz CT molecular complexity index is 1090. The topological polar surface area (TPSA) is 44.4 Å². The fourth-order valence-corrected chi connectivity index (χ4v) is 5.70. The molecular weight excluding hydrogens is 418 g/mol. The first kappa shape index (κ1) is 22.7. The molecule has 1 heterocycles. The first-order valence-corrected chi connectivity index (χ1v) is 12.7. The zero-order chi connectivity index (χ0) is 23.2. The highest BCUT2D eigenvalue weighted by Gasteiger charge is 2.40. The van der Waals surface area contributed by atoms with E-state index < -0.39 is 0 Å². The Hall–Kier alpha value is -3.11. The molecule has 1 saturated heterocycles. The third kappa shape index (κ3) is 5.18. The minimum absolute atomic E-state index is 0.132. The minimum atomic E-state index is -0.132. The molecule has 1 spiro atoms. The van der Waals surface area contributed by atoms with Crippen molar-refractivity contribution in [2.75, 3.05) is 31.5 Å². The quantitative estimate of drug-likeness (QED) is 0.416. The van der Waals surface area contributed by atoms with Crippen LogP contribution in [-0.2, 0) is 11.8 Å². The number of hydrogen-bond donors (Lipinski definition) is 2. The van der Waals surface area contributed by atoms with Gasteiger partial charge in [-0.1, -0.05) is 66.7 Å². The van der Waals surface area contributed by atoms with Gasteiger partial charge in [0.2, 0.25) is 0 Å². The van der Waals surface area contributed by atoms with Crippen molar-refractivity contribution in [2.45, 2.75) is 43.9 Å². The van der Waals surface area contributed by atoms with Crippen molar-refractivity contribution in [1.82, 2.24) is 10.2 Å². The molecule has 4 heteroatoms. The molecule has 4 nitrogen and oxygen atoms in total. The molecule has 34 heavy (non-hydrogen) atoms. The Morgan fingerprint density at radius 2 is 1.50 bits per heavy atom. The molecule has 176 valence electrons. The van der Waals surface area contributed by atoms with Crippen LogP contribution in [0.15, 0.2) is 78.9 Å².